The summed E-state index contributed by atoms with van der Waals surface area (Å²) in [5, 5.41) is 2.71. The second kappa shape index (κ2) is 7.28. The summed E-state index contributed by atoms with van der Waals surface area (Å²) in [5.74, 6) is -0.296. The molecule has 0 atom stereocenters. The molecule has 0 spiro atoms. The fourth-order valence-corrected chi connectivity index (χ4v) is 2.83. The molecule has 7 nitrogen and oxygen atoms in total. The number of carbonyl (C=O) groups is 1. The lowest BCUT2D eigenvalue weighted by Gasteiger charge is -2.17. The van der Waals surface area contributed by atoms with Gasteiger partial charge in [-0.25, -0.2) is 12.7 Å². The predicted molar refractivity (Wildman–Crippen MR) is 84.3 cm³/mol. The van der Waals surface area contributed by atoms with Crippen LogP contribution in [0.25, 0.3) is 0 Å². The molecule has 0 radical (unpaired) electrons. The Bertz CT molecular complexity index is 601. The van der Waals surface area contributed by atoms with Crippen LogP contribution in [0.3, 0.4) is 0 Å². The maximum atomic E-state index is 11.9. The highest BCUT2D eigenvalue weighted by Gasteiger charge is 2.14. The summed E-state index contributed by atoms with van der Waals surface area (Å²) in [6.07, 6.45) is 1.70. The molecule has 0 saturated heterocycles. The van der Waals surface area contributed by atoms with Crippen molar-refractivity contribution in [1.82, 2.24) is 9.62 Å². The Morgan fingerprint density at radius 1 is 1.33 bits per heavy atom. The zero-order chi connectivity index (χ0) is 16.0. The molecule has 0 heterocycles. The first-order chi connectivity index (χ1) is 9.75. The Morgan fingerprint density at radius 3 is 2.52 bits per heavy atom. The topological polar surface area (TPSA) is 119 Å². The van der Waals surface area contributed by atoms with Crippen molar-refractivity contribution in [3.05, 3.63) is 23.8 Å². The molecular weight excluding hydrogens is 292 g/mol. The average Bonchev–Trinajstić information content (AvgIpc) is 2.36. The molecule has 5 N–H and O–H groups in total. The van der Waals surface area contributed by atoms with Gasteiger partial charge in [0, 0.05) is 31.0 Å². The standard InChI is InChI=1S/C13H22N4O3S/c1-3-17(21(2,19)20)8-4-7-16-13(18)11-6-5-10(14)9-12(11)15/h5-6,9H,3-4,7-8,14-15H2,1-2H3,(H,16,18). The summed E-state index contributed by atoms with van der Waals surface area (Å²) in [6.45, 7) is 2.92. The third-order valence-corrected chi connectivity index (χ3v) is 4.39. The number of amides is 1. The monoisotopic (exact) mass is 314 g/mol. The average molecular weight is 314 g/mol. The van der Waals surface area contributed by atoms with Gasteiger partial charge in [-0.3, -0.25) is 4.79 Å². The van der Waals surface area contributed by atoms with E-state index in [1.807, 2.05) is 0 Å². The van der Waals surface area contributed by atoms with E-state index in [9.17, 15) is 13.2 Å². The molecule has 0 unspecified atom stereocenters. The maximum Gasteiger partial charge on any atom is 0.253 e. The number of nitrogens with zero attached hydrogens (tertiary/aromatic N) is 1. The van der Waals surface area contributed by atoms with Crippen LogP contribution in [-0.2, 0) is 10.0 Å². The Morgan fingerprint density at radius 2 is 2.00 bits per heavy atom. The highest BCUT2D eigenvalue weighted by molar-refractivity contribution is 7.88. The van der Waals surface area contributed by atoms with E-state index in [4.69, 9.17) is 11.5 Å². The van der Waals surface area contributed by atoms with E-state index in [2.05, 4.69) is 5.32 Å². The smallest absolute Gasteiger partial charge is 0.253 e. The van der Waals surface area contributed by atoms with Gasteiger partial charge >= 0.3 is 0 Å². The number of rotatable bonds is 7. The Hall–Kier alpha value is -1.80. The van der Waals surface area contributed by atoms with Gasteiger partial charge < -0.3 is 16.8 Å². The van der Waals surface area contributed by atoms with Crippen LogP contribution in [0.2, 0.25) is 0 Å². The van der Waals surface area contributed by atoms with E-state index < -0.39 is 10.0 Å². The minimum absolute atomic E-state index is 0.296. The Balaban J connectivity index is 2.47. The number of nitrogens with one attached hydrogen (secondary N) is 1. The van der Waals surface area contributed by atoms with Crippen molar-refractivity contribution < 1.29 is 13.2 Å². The van der Waals surface area contributed by atoms with E-state index in [1.54, 1.807) is 19.1 Å². The second-order valence-corrected chi connectivity index (χ2v) is 6.69. The molecule has 21 heavy (non-hydrogen) atoms. The zero-order valence-electron chi connectivity index (χ0n) is 12.3. The van der Waals surface area contributed by atoms with Gasteiger partial charge in [-0.15, -0.1) is 0 Å². The minimum atomic E-state index is -3.19. The molecule has 1 aromatic rings. The van der Waals surface area contributed by atoms with Crippen LogP contribution in [0.15, 0.2) is 18.2 Å². The lowest BCUT2D eigenvalue weighted by atomic mass is 10.1. The van der Waals surface area contributed by atoms with Crippen LogP contribution in [0.4, 0.5) is 11.4 Å². The van der Waals surface area contributed by atoms with Gasteiger partial charge in [-0.1, -0.05) is 6.92 Å². The van der Waals surface area contributed by atoms with E-state index in [0.29, 0.717) is 43.0 Å². The van der Waals surface area contributed by atoms with E-state index in [-0.39, 0.29) is 5.91 Å². The van der Waals surface area contributed by atoms with Crippen molar-refractivity contribution in [3.63, 3.8) is 0 Å². The van der Waals surface area contributed by atoms with Crippen LogP contribution in [0.5, 0.6) is 0 Å². The largest absolute Gasteiger partial charge is 0.399 e. The summed E-state index contributed by atoms with van der Waals surface area (Å²) in [5.41, 5.74) is 12.5. The molecule has 0 aliphatic carbocycles. The SMILES string of the molecule is CCN(CCCNC(=O)c1ccc(N)cc1N)S(C)(=O)=O. The normalized spacial score (nSPS) is 11.6. The Kier molecular flexibility index (Phi) is 5.98. The van der Waals surface area contributed by atoms with Crippen molar-refractivity contribution in [2.45, 2.75) is 13.3 Å². The number of hydrogen-bond donors (Lipinski definition) is 3. The molecule has 0 aromatic heterocycles. The van der Waals surface area contributed by atoms with E-state index in [0.717, 1.165) is 0 Å². The zero-order valence-corrected chi connectivity index (χ0v) is 13.1. The number of carbonyl (C=O) groups excluding carboxylic acids is 1. The van der Waals surface area contributed by atoms with Crippen molar-refractivity contribution >= 4 is 27.3 Å². The quantitative estimate of drug-likeness (QED) is 0.492. The van der Waals surface area contributed by atoms with E-state index >= 15 is 0 Å². The summed E-state index contributed by atoms with van der Waals surface area (Å²) in [4.78, 5) is 11.9. The number of nitrogens with two attached hydrogens (primary N) is 2. The lowest BCUT2D eigenvalue weighted by molar-refractivity contribution is 0.0953. The molecule has 1 rings (SSSR count). The predicted octanol–water partition coefficient (Wildman–Crippen LogP) is 0.252. The maximum absolute atomic E-state index is 11.9. The van der Waals surface area contributed by atoms with Gasteiger partial charge in [0.15, 0.2) is 0 Å². The first-order valence-corrected chi connectivity index (χ1v) is 8.49. The van der Waals surface area contributed by atoms with Gasteiger partial charge in [-0.05, 0) is 24.6 Å². The van der Waals surface area contributed by atoms with Gasteiger partial charge in [0.05, 0.1) is 11.8 Å². The molecular formula is C13H22N4O3S. The minimum Gasteiger partial charge on any atom is -0.399 e. The van der Waals surface area contributed by atoms with Gasteiger partial charge in [0.25, 0.3) is 5.91 Å². The van der Waals surface area contributed by atoms with Crippen LogP contribution >= 0.6 is 0 Å². The van der Waals surface area contributed by atoms with Crippen LogP contribution in [0, 0.1) is 0 Å². The molecule has 0 saturated carbocycles. The summed E-state index contributed by atoms with van der Waals surface area (Å²) < 4.78 is 24.2. The third kappa shape index (κ3) is 5.24. The second-order valence-electron chi connectivity index (χ2n) is 4.71. The number of sulfonamides is 1. The third-order valence-electron chi connectivity index (χ3n) is 3.01. The summed E-state index contributed by atoms with van der Waals surface area (Å²) >= 11 is 0. The van der Waals surface area contributed by atoms with Crippen LogP contribution in [-0.4, -0.2) is 44.5 Å². The van der Waals surface area contributed by atoms with Gasteiger partial charge in [0.2, 0.25) is 10.0 Å². The molecule has 0 aliphatic heterocycles. The first kappa shape index (κ1) is 17.3. The van der Waals surface area contributed by atoms with Crippen LogP contribution in [0.1, 0.15) is 23.7 Å². The fourth-order valence-electron chi connectivity index (χ4n) is 1.90. The lowest BCUT2D eigenvalue weighted by Crippen LogP contribution is -2.33. The number of anilines is 2. The Labute approximate surface area is 125 Å². The van der Waals surface area contributed by atoms with Crippen molar-refractivity contribution in [3.8, 4) is 0 Å². The summed E-state index contributed by atoms with van der Waals surface area (Å²) in [7, 11) is -3.19. The van der Waals surface area contributed by atoms with Gasteiger partial charge in [-0.2, -0.15) is 0 Å². The molecule has 0 bridgehead atoms. The molecule has 1 amide bonds. The van der Waals surface area contributed by atoms with Gasteiger partial charge in [0.1, 0.15) is 0 Å². The van der Waals surface area contributed by atoms with E-state index in [1.165, 1.54) is 16.6 Å². The number of benzene rings is 1. The fraction of sp³-hybridized carbons (Fsp3) is 0.462. The van der Waals surface area contributed by atoms with Crippen LogP contribution < -0.4 is 16.8 Å². The molecule has 0 aliphatic rings. The van der Waals surface area contributed by atoms with Crippen molar-refractivity contribution in [1.29, 1.82) is 0 Å². The highest BCUT2D eigenvalue weighted by atomic mass is 32.2. The molecule has 118 valence electrons. The molecule has 1 aromatic carbocycles. The number of nitrogen functional groups attached to an aromatic ring is 2. The van der Waals surface area contributed by atoms with Crippen molar-refractivity contribution in [2.75, 3.05) is 37.4 Å². The summed E-state index contributed by atoms with van der Waals surface area (Å²) in [6, 6.07) is 4.69. The highest BCUT2D eigenvalue weighted by Crippen LogP contribution is 2.15. The number of hydrogen-bond acceptors (Lipinski definition) is 5. The molecule has 8 heteroatoms. The van der Waals surface area contributed by atoms with Crippen molar-refractivity contribution in [2.24, 2.45) is 0 Å². The first-order valence-electron chi connectivity index (χ1n) is 6.64. The molecule has 0 fully saturated rings.